The molecule has 0 bridgehead atoms. The molecule has 216 valence electrons. The van der Waals surface area contributed by atoms with Crippen molar-refractivity contribution in [3.63, 3.8) is 0 Å². The van der Waals surface area contributed by atoms with Gasteiger partial charge in [0.2, 0.25) is 0 Å². The van der Waals surface area contributed by atoms with Crippen molar-refractivity contribution in [2.75, 3.05) is 6.61 Å². The predicted octanol–water partition coefficient (Wildman–Crippen LogP) is 6.48. The van der Waals surface area contributed by atoms with E-state index in [1.807, 2.05) is 91.0 Å². The number of ether oxygens (including phenoxy) is 4. The molecule has 1 saturated heterocycles. The van der Waals surface area contributed by atoms with Crippen molar-refractivity contribution in [1.82, 2.24) is 0 Å². The van der Waals surface area contributed by atoms with Gasteiger partial charge in [-0.15, -0.1) is 0 Å². The van der Waals surface area contributed by atoms with Gasteiger partial charge in [0, 0.05) is 0 Å². The maximum atomic E-state index is 11.3. The second-order valence-electron chi connectivity index (χ2n) is 11.9. The van der Waals surface area contributed by atoms with Gasteiger partial charge in [-0.3, -0.25) is 0 Å². The van der Waals surface area contributed by atoms with E-state index < -0.39 is 39.0 Å². The van der Waals surface area contributed by atoms with Crippen LogP contribution in [0.1, 0.15) is 37.5 Å². The highest BCUT2D eigenvalue weighted by molar-refractivity contribution is 6.74. The van der Waals surface area contributed by atoms with Gasteiger partial charge >= 0.3 is 0 Å². The van der Waals surface area contributed by atoms with Gasteiger partial charge in [0.25, 0.3) is 0 Å². The predicted molar refractivity (Wildman–Crippen MR) is 159 cm³/mol. The largest absolute Gasteiger partial charge is 0.408 e. The fraction of sp³-hybridized carbons (Fsp3) is 0.455. The first-order chi connectivity index (χ1) is 19.1. The second-order valence-corrected chi connectivity index (χ2v) is 16.7. The summed E-state index contributed by atoms with van der Waals surface area (Å²) >= 11 is 0. The fourth-order valence-electron chi connectivity index (χ4n) is 4.46. The summed E-state index contributed by atoms with van der Waals surface area (Å²) in [5, 5.41) is 11.2. The molecular weight excluding hydrogens is 520 g/mol. The van der Waals surface area contributed by atoms with Crippen LogP contribution in [0.5, 0.6) is 0 Å². The van der Waals surface area contributed by atoms with Crippen molar-refractivity contribution in [3.05, 3.63) is 108 Å². The Hall–Kier alpha value is -2.36. The highest BCUT2D eigenvalue weighted by Crippen LogP contribution is 2.40. The Morgan fingerprint density at radius 2 is 1.12 bits per heavy atom. The molecule has 1 N–H and O–H groups in total. The third-order valence-corrected chi connectivity index (χ3v) is 12.3. The molecule has 5 atom stereocenters. The fourth-order valence-corrected chi connectivity index (χ4v) is 5.78. The summed E-state index contributed by atoms with van der Waals surface area (Å²) in [6.07, 6.45) is -3.56. The average Bonchev–Trinajstić information content (AvgIpc) is 2.94. The Balaban J connectivity index is 1.60. The van der Waals surface area contributed by atoms with E-state index in [-0.39, 0.29) is 11.6 Å². The highest BCUT2D eigenvalue weighted by Gasteiger charge is 2.51. The van der Waals surface area contributed by atoms with E-state index in [2.05, 4.69) is 33.9 Å². The van der Waals surface area contributed by atoms with Crippen molar-refractivity contribution in [1.29, 1.82) is 0 Å². The zero-order chi connectivity index (χ0) is 28.6. The second kappa shape index (κ2) is 14.0. The van der Waals surface area contributed by atoms with Crippen LogP contribution in [0.3, 0.4) is 0 Å². The zero-order valence-corrected chi connectivity index (χ0v) is 25.4. The van der Waals surface area contributed by atoms with Gasteiger partial charge in [-0.25, -0.2) is 0 Å². The number of aliphatic hydroxyl groups excluding tert-OH is 1. The summed E-state index contributed by atoms with van der Waals surface area (Å²) in [6, 6.07) is 30.0. The molecule has 0 saturated carbocycles. The van der Waals surface area contributed by atoms with E-state index >= 15 is 0 Å². The van der Waals surface area contributed by atoms with Crippen LogP contribution in [0.2, 0.25) is 18.1 Å². The molecular formula is C33H44O6Si. The Bertz CT molecular complexity index is 1140. The average molecular weight is 565 g/mol. The molecule has 7 heteroatoms. The number of hydrogen-bond donors (Lipinski definition) is 1. The first kappa shape index (κ1) is 30.6. The summed E-state index contributed by atoms with van der Waals surface area (Å²) in [5.74, 6) is 0. The molecule has 4 rings (SSSR count). The molecule has 0 amide bonds. The van der Waals surface area contributed by atoms with Crippen molar-refractivity contribution in [3.8, 4) is 0 Å². The van der Waals surface area contributed by atoms with Crippen molar-refractivity contribution in [2.24, 2.45) is 0 Å². The first-order valence-corrected chi connectivity index (χ1v) is 17.0. The maximum Gasteiger partial charge on any atom is 0.192 e. The molecule has 0 aliphatic carbocycles. The van der Waals surface area contributed by atoms with Crippen LogP contribution < -0.4 is 0 Å². The maximum absolute atomic E-state index is 11.3. The van der Waals surface area contributed by atoms with E-state index in [0.717, 1.165) is 16.7 Å². The van der Waals surface area contributed by atoms with Gasteiger partial charge < -0.3 is 28.5 Å². The third-order valence-electron chi connectivity index (χ3n) is 7.81. The summed E-state index contributed by atoms with van der Waals surface area (Å²) in [5.41, 5.74) is 3.11. The van der Waals surface area contributed by atoms with Gasteiger partial charge in [-0.1, -0.05) is 112 Å². The summed E-state index contributed by atoms with van der Waals surface area (Å²) in [6.45, 7) is 12.4. The SMILES string of the molecule is CC(C)(C)[Si](C)(C)O[C@H]1[C@H](OCc2ccccc2)[C@@H](OCc2ccccc2)[C@@H](O)O[C@@H]1COCc1ccccc1. The van der Waals surface area contributed by atoms with Crippen molar-refractivity contribution < 1.29 is 28.5 Å². The van der Waals surface area contributed by atoms with E-state index in [4.69, 9.17) is 23.4 Å². The van der Waals surface area contributed by atoms with Gasteiger partial charge in [0.05, 0.1) is 26.4 Å². The topological polar surface area (TPSA) is 66.4 Å². The van der Waals surface area contributed by atoms with Gasteiger partial charge in [0.15, 0.2) is 14.6 Å². The zero-order valence-electron chi connectivity index (χ0n) is 24.4. The molecule has 3 aromatic carbocycles. The van der Waals surface area contributed by atoms with Crippen LogP contribution >= 0.6 is 0 Å². The van der Waals surface area contributed by atoms with E-state index in [9.17, 15) is 5.11 Å². The van der Waals surface area contributed by atoms with Gasteiger partial charge in [0.1, 0.15) is 24.4 Å². The smallest absolute Gasteiger partial charge is 0.192 e. The van der Waals surface area contributed by atoms with Crippen LogP contribution in [-0.4, -0.2) is 50.7 Å². The Labute approximate surface area is 240 Å². The highest BCUT2D eigenvalue weighted by atomic mass is 28.4. The molecule has 6 nitrogen and oxygen atoms in total. The molecule has 0 aromatic heterocycles. The van der Waals surface area contributed by atoms with E-state index in [1.165, 1.54) is 0 Å². The number of benzene rings is 3. The molecule has 0 radical (unpaired) electrons. The van der Waals surface area contributed by atoms with Crippen LogP contribution in [-0.2, 0) is 43.2 Å². The van der Waals surface area contributed by atoms with Gasteiger partial charge in [-0.2, -0.15) is 0 Å². The first-order valence-electron chi connectivity index (χ1n) is 14.1. The minimum absolute atomic E-state index is 0.0388. The number of rotatable bonds is 12. The quantitative estimate of drug-likeness (QED) is 0.254. The monoisotopic (exact) mass is 564 g/mol. The van der Waals surface area contributed by atoms with Crippen LogP contribution in [0, 0.1) is 0 Å². The standard InChI is InChI=1S/C33H44O6Si/c1-33(2,3)40(4,5)39-29-28(24-35-21-25-15-9-6-10-16-25)38-32(34)31(37-23-27-19-13-8-14-20-27)30(29)36-22-26-17-11-7-12-18-26/h6-20,28-32,34H,21-24H2,1-5H3/t28-,29-,30+,31-,32+/m1/s1. The lowest BCUT2D eigenvalue weighted by atomic mass is 9.98. The summed E-state index contributed by atoms with van der Waals surface area (Å²) in [7, 11) is -2.28. The molecule has 1 fully saturated rings. The normalized spacial score (nSPS) is 23.7. The van der Waals surface area contributed by atoms with Crippen LogP contribution in [0.15, 0.2) is 91.0 Å². The van der Waals surface area contributed by atoms with Crippen LogP contribution in [0.4, 0.5) is 0 Å². The summed E-state index contributed by atoms with van der Waals surface area (Å²) < 4.78 is 32.2. The molecule has 1 aliphatic rings. The molecule has 0 unspecified atom stereocenters. The molecule has 0 spiro atoms. The Kier molecular flexibility index (Phi) is 10.7. The lowest BCUT2D eigenvalue weighted by molar-refractivity contribution is -0.306. The third kappa shape index (κ3) is 8.33. The van der Waals surface area contributed by atoms with Crippen LogP contribution in [0.25, 0.3) is 0 Å². The Morgan fingerprint density at radius 3 is 1.60 bits per heavy atom. The Morgan fingerprint density at radius 1 is 0.675 bits per heavy atom. The molecule has 1 aliphatic heterocycles. The number of hydrogen-bond acceptors (Lipinski definition) is 6. The van der Waals surface area contributed by atoms with E-state index in [0.29, 0.717) is 19.8 Å². The van der Waals surface area contributed by atoms with Crippen molar-refractivity contribution in [2.45, 2.75) is 89.4 Å². The molecule has 1 heterocycles. The van der Waals surface area contributed by atoms with E-state index in [1.54, 1.807) is 0 Å². The lowest BCUT2D eigenvalue weighted by Gasteiger charge is -2.49. The molecule has 3 aromatic rings. The minimum Gasteiger partial charge on any atom is -0.408 e. The van der Waals surface area contributed by atoms with Crippen molar-refractivity contribution >= 4 is 8.32 Å². The number of aliphatic hydroxyl groups is 1. The van der Waals surface area contributed by atoms with Gasteiger partial charge in [-0.05, 0) is 34.8 Å². The minimum atomic E-state index is -2.28. The lowest BCUT2D eigenvalue weighted by Crippen LogP contribution is -2.64. The summed E-state index contributed by atoms with van der Waals surface area (Å²) in [4.78, 5) is 0. The molecule has 40 heavy (non-hydrogen) atoms.